The van der Waals surface area contributed by atoms with Gasteiger partial charge in [-0.15, -0.1) is 0 Å². The summed E-state index contributed by atoms with van der Waals surface area (Å²) < 4.78 is 0. The lowest BCUT2D eigenvalue weighted by molar-refractivity contribution is 0.141. The van der Waals surface area contributed by atoms with Gasteiger partial charge in [-0.2, -0.15) is 0 Å². The van der Waals surface area contributed by atoms with Crippen LogP contribution >= 0.6 is 0 Å². The molecule has 1 saturated carbocycles. The van der Waals surface area contributed by atoms with E-state index in [0.717, 1.165) is 44.4 Å². The lowest BCUT2D eigenvalue weighted by Gasteiger charge is -2.51. The third-order valence-electron chi connectivity index (χ3n) is 8.71. The standard InChI is InChI=1S/C30H38O2/c1-21(2)7-6-14-29-15-16-30(19-22-8-4-3-5-9-22)26-13-11-24(31)17-23(26)10-12-27(30)28(29)18-25(32)20-29/h3-5,8-9,11,13,17,21,25,31-32H,6-7,10,12,14-16,18-20H2,1-2H3/t25-,29-,30-/m0/s1. The number of benzene rings is 2. The highest BCUT2D eigenvalue weighted by molar-refractivity contribution is 5.54. The molecule has 0 spiro atoms. The van der Waals surface area contributed by atoms with Crippen molar-refractivity contribution < 1.29 is 10.2 Å². The minimum atomic E-state index is -0.190. The molecule has 3 aliphatic rings. The Hall–Kier alpha value is -2.06. The van der Waals surface area contributed by atoms with Gasteiger partial charge in [0.05, 0.1) is 6.10 Å². The number of phenolic OH excluding ortho intramolecular Hbond substituents is 1. The maximum Gasteiger partial charge on any atom is 0.115 e. The number of aliphatic hydroxyl groups excluding tert-OH is 1. The van der Waals surface area contributed by atoms with Crippen LogP contribution in [0.3, 0.4) is 0 Å². The van der Waals surface area contributed by atoms with Crippen LogP contribution in [-0.4, -0.2) is 16.3 Å². The predicted molar refractivity (Wildman–Crippen MR) is 131 cm³/mol. The molecule has 32 heavy (non-hydrogen) atoms. The summed E-state index contributed by atoms with van der Waals surface area (Å²) in [7, 11) is 0. The van der Waals surface area contributed by atoms with Crippen LogP contribution in [0.1, 0.15) is 81.9 Å². The fourth-order valence-corrected chi connectivity index (χ4v) is 7.35. The van der Waals surface area contributed by atoms with Crippen LogP contribution in [0.4, 0.5) is 0 Å². The Balaban J connectivity index is 1.62. The first-order valence-electron chi connectivity index (χ1n) is 12.7. The smallest absolute Gasteiger partial charge is 0.115 e. The van der Waals surface area contributed by atoms with E-state index in [4.69, 9.17) is 0 Å². The molecule has 3 aliphatic carbocycles. The van der Waals surface area contributed by atoms with E-state index >= 15 is 0 Å². The summed E-state index contributed by atoms with van der Waals surface area (Å²) >= 11 is 0. The Morgan fingerprint density at radius 3 is 2.59 bits per heavy atom. The number of aliphatic hydroxyl groups is 1. The Kier molecular flexibility index (Phi) is 5.70. The molecular formula is C30H38O2. The van der Waals surface area contributed by atoms with E-state index < -0.39 is 0 Å². The lowest BCUT2D eigenvalue weighted by Crippen LogP contribution is -2.43. The van der Waals surface area contributed by atoms with Crippen molar-refractivity contribution >= 4 is 0 Å². The third kappa shape index (κ3) is 3.71. The van der Waals surface area contributed by atoms with E-state index in [1.54, 1.807) is 11.1 Å². The van der Waals surface area contributed by atoms with Crippen LogP contribution < -0.4 is 0 Å². The normalized spacial score (nSPS) is 29.1. The van der Waals surface area contributed by atoms with Gasteiger partial charge in [0.15, 0.2) is 0 Å². The molecule has 2 nitrogen and oxygen atoms in total. The molecule has 1 fully saturated rings. The van der Waals surface area contributed by atoms with Gasteiger partial charge in [0, 0.05) is 5.41 Å². The molecule has 2 aromatic carbocycles. The Bertz CT molecular complexity index is 1000. The van der Waals surface area contributed by atoms with E-state index in [-0.39, 0.29) is 16.9 Å². The fraction of sp³-hybridized carbons (Fsp3) is 0.533. The number of aromatic hydroxyl groups is 1. The van der Waals surface area contributed by atoms with E-state index in [9.17, 15) is 10.2 Å². The monoisotopic (exact) mass is 430 g/mol. The van der Waals surface area contributed by atoms with Crippen molar-refractivity contribution in [2.24, 2.45) is 11.3 Å². The van der Waals surface area contributed by atoms with Crippen LogP contribution in [0.2, 0.25) is 0 Å². The zero-order valence-corrected chi connectivity index (χ0v) is 19.7. The molecule has 0 saturated heterocycles. The molecule has 3 atom stereocenters. The third-order valence-corrected chi connectivity index (χ3v) is 8.71. The molecule has 0 amide bonds. The quantitative estimate of drug-likeness (QED) is 0.491. The second-order valence-corrected chi connectivity index (χ2v) is 11.2. The zero-order chi connectivity index (χ0) is 22.3. The number of allylic oxidation sites excluding steroid dienone is 1. The molecule has 0 radical (unpaired) electrons. The first kappa shape index (κ1) is 21.8. The van der Waals surface area contributed by atoms with Gasteiger partial charge in [-0.25, -0.2) is 0 Å². The van der Waals surface area contributed by atoms with Gasteiger partial charge >= 0.3 is 0 Å². The summed E-state index contributed by atoms with van der Waals surface area (Å²) in [5, 5.41) is 21.0. The molecule has 0 heterocycles. The molecule has 170 valence electrons. The molecule has 0 bridgehead atoms. The minimum Gasteiger partial charge on any atom is -0.508 e. The molecule has 0 aliphatic heterocycles. The van der Waals surface area contributed by atoms with E-state index in [1.807, 2.05) is 12.1 Å². The summed E-state index contributed by atoms with van der Waals surface area (Å²) in [4.78, 5) is 0. The Morgan fingerprint density at radius 1 is 1.00 bits per heavy atom. The van der Waals surface area contributed by atoms with Crippen molar-refractivity contribution in [3.63, 3.8) is 0 Å². The summed E-state index contributed by atoms with van der Waals surface area (Å²) in [6.45, 7) is 4.64. The highest BCUT2D eigenvalue weighted by Crippen LogP contribution is 2.62. The number of hydrogen-bond donors (Lipinski definition) is 2. The highest BCUT2D eigenvalue weighted by Gasteiger charge is 2.53. The second-order valence-electron chi connectivity index (χ2n) is 11.2. The molecule has 2 heteroatoms. The number of fused-ring (bicyclic) bond motifs is 4. The maximum atomic E-state index is 10.9. The molecule has 0 unspecified atom stereocenters. The zero-order valence-electron chi connectivity index (χ0n) is 19.7. The van der Waals surface area contributed by atoms with Crippen molar-refractivity contribution in [3.8, 4) is 5.75 Å². The van der Waals surface area contributed by atoms with Gasteiger partial charge in [-0.05, 0) is 91.5 Å². The SMILES string of the molecule is CC(C)CCC[C@@]12CC[C@@]3(Cc4ccccc4)C(=C1C[C@H](O)C2)CCc1cc(O)ccc13. The summed E-state index contributed by atoms with van der Waals surface area (Å²) in [6.07, 6.45) is 10.8. The average Bonchev–Trinajstić information content (AvgIpc) is 3.10. The van der Waals surface area contributed by atoms with Gasteiger partial charge in [0.2, 0.25) is 0 Å². The van der Waals surface area contributed by atoms with Crippen LogP contribution in [0.5, 0.6) is 5.75 Å². The van der Waals surface area contributed by atoms with Crippen LogP contribution in [0, 0.1) is 11.3 Å². The highest BCUT2D eigenvalue weighted by atomic mass is 16.3. The van der Waals surface area contributed by atoms with E-state index in [0.29, 0.717) is 5.75 Å². The molecule has 2 aromatic rings. The first-order chi connectivity index (χ1) is 15.4. The molecule has 5 rings (SSSR count). The van der Waals surface area contributed by atoms with Crippen LogP contribution in [-0.2, 0) is 18.3 Å². The van der Waals surface area contributed by atoms with Gasteiger partial charge in [-0.1, -0.05) is 74.2 Å². The molecule has 2 N–H and O–H groups in total. The average molecular weight is 431 g/mol. The van der Waals surface area contributed by atoms with Gasteiger partial charge in [0.25, 0.3) is 0 Å². The van der Waals surface area contributed by atoms with Crippen molar-refractivity contribution in [1.82, 2.24) is 0 Å². The van der Waals surface area contributed by atoms with Crippen molar-refractivity contribution in [3.05, 3.63) is 76.4 Å². The summed E-state index contributed by atoms with van der Waals surface area (Å²) in [6, 6.07) is 17.0. The van der Waals surface area contributed by atoms with Crippen molar-refractivity contribution in [2.75, 3.05) is 0 Å². The minimum absolute atomic E-state index is 0.00355. The fourth-order valence-electron chi connectivity index (χ4n) is 7.35. The van der Waals surface area contributed by atoms with Gasteiger partial charge in [0.1, 0.15) is 5.75 Å². The van der Waals surface area contributed by atoms with E-state index in [1.165, 1.54) is 42.4 Å². The Labute approximate surface area is 193 Å². The van der Waals surface area contributed by atoms with Crippen molar-refractivity contribution in [1.29, 1.82) is 0 Å². The van der Waals surface area contributed by atoms with E-state index in [2.05, 4.69) is 50.2 Å². The summed E-state index contributed by atoms with van der Waals surface area (Å²) in [5.41, 5.74) is 7.57. The number of hydrogen-bond acceptors (Lipinski definition) is 2. The maximum absolute atomic E-state index is 10.9. The Morgan fingerprint density at radius 2 is 1.81 bits per heavy atom. The predicted octanol–water partition coefficient (Wildman–Crippen LogP) is 6.88. The number of rotatable bonds is 6. The van der Waals surface area contributed by atoms with Crippen molar-refractivity contribution in [2.45, 2.75) is 89.6 Å². The first-order valence-corrected chi connectivity index (χ1v) is 12.7. The summed E-state index contributed by atoms with van der Waals surface area (Å²) in [5.74, 6) is 1.12. The van der Waals surface area contributed by atoms with Gasteiger partial charge in [-0.3, -0.25) is 0 Å². The molecular weight excluding hydrogens is 392 g/mol. The van der Waals surface area contributed by atoms with Gasteiger partial charge < -0.3 is 10.2 Å². The lowest BCUT2D eigenvalue weighted by atomic mass is 9.53. The topological polar surface area (TPSA) is 40.5 Å². The van der Waals surface area contributed by atoms with Crippen LogP contribution in [0.25, 0.3) is 0 Å². The van der Waals surface area contributed by atoms with Crippen LogP contribution in [0.15, 0.2) is 59.7 Å². The largest absolute Gasteiger partial charge is 0.508 e. The number of phenols is 1. The molecule has 0 aromatic heterocycles. The number of aryl methyl sites for hydroxylation is 1. The second kappa shape index (κ2) is 8.37.